The van der Waals surface area contributed by atoms with Crippen molar-refractivity contribution in [1.82, 2.24) is 25.1 Å². The maximum absolute atomic E-state index is 13.0. The van der Waals surface area contributed by atoms with E-state index in [4.69, 9.17) is 0 Å². The van der Waals surface area contributed by atoms with Crippen molar-refractivity contribution in [3.8, 4) is 6.07 Å². The molecule has 2 saturated heterocycles. The Hall–Kier alpha value is -7.43. The first kappa shape index (κ1) is 44.2. The van der Waals surface area contributed by atoms with E-state index in [1.165, 1.54) is 4.57 Å². The third-order valence-corrected chi connectivity index (χ3v) is 13.3. The molecule has 1 aliphatic carbocycles. The van der Waals surface area contributed by atoms with Crippen molar-refractivity contribution in [2.24, 2.45) is 0 Å². The number of aromatic amines is 1. The first-order valence-corrected chi connectivity index (χ1v) is 22.3. The third kappa shape index (κ3) is 8.17. The highest BCUT2D eigenvalue weighted by molar-refractivity contribution is 6.10. The van der Waals surface area contributed by atoms with Gasteiger partial charge in [0, 0.05) is 95.4 Å². The van der Waals surface area contributed by atoms with Crippen molar-refractivity contribution < 1.29 is 28.8 Å². The summed E-state index contributed by atoms with van der Waals surface area (Å²) in [6.45, 7) is 11.0. The van der Waals surface area contributed by atoms with Gasteiger partial charge in [-0.25, -0.2) is 24.0 Å². The number of nitrogens with zero attached hydrogens (tertiary/aromatic N) is 4. The van der Waals surface area contributed by atoms with Crippen LogP contribution >= 0.6 is 0 Å². The number of hydrogen-bond donors (Lipinski definition) is 4. The lowest BCUT2D eigenvalue weighted by Crippen LogP contribution is -2.50. The minimum atomic E-state index is -0.727. The van der Waals surface area contributed by atoms with Crippen molar-refractivity contribution in [3.05, 3.63) is 104 Å². The maximum Gasteiger partial charge on any atom is 0.234 e. The molecular weight excluding hydrogens is 821 g/mol. The normalized spacial score (nSPS) is 16.6. The summed E-state index contributed by atoms with van der Waals surface area (Å²) < 4.78 is 1.46. The van der Waals surface area contributed by atoms with E-state index in [0.29, 0.717) is 47.2 Å². The van der Waals surface area contributed by atoms with Crippen LogP contribution in [-0.2, 0) is 40.6 Å². The molecule has 2 fully saturated rings. The molecule has 330 valence electrons. The number of aryl methyl sites for hydroxylation is 1. The highest BCUT2D eigenvalue weighted by atomic mass is 16.2. The number of anilines is 2. The largest absolute Gasteiger partial charge is 0.384 e. The van der Waals surface area contributed by atoms with Crippen molar-refractivity contribution in [3.63, 3.8) is 0 Å². The number of allylic oxidation sites excluding steroid dienone is 2. The van der Waals surface area contributed by atoms with Gasteiger partial charge >= 0.3 is 0 Å². The number of piperidine rings is 1. The molecule has 0 radical (unpaired) electrons. The predicted molar refractivity (Wildman–Crippen MR) is 248 cm³/mol. The average Bonchev–Trinajstić information content (AvgIpc) is 3.88. The zero-order chi connectivity index (χ0) is 45.8. The molecule has 4 heterocycles. The zero-order valence-corrected chi connectivity index (χ0v) is 36.8. The van der Waals surface area contributed by atoms with Crippen LogP contribution in [-0.4, -0.2) is 95.9 Å². The number of fused-ring (bicyclic) bond motifs is 5. The molecule has 1 unspecified atom stereocenters. The third-order valence-electron chi connectivity index (χ3n) is 13.3. The van der Waals surface area contributed by atoms with Crippen LogP contribution in [0.5, 0.6) is 0 Å². The number of aromatic nitrogens is 2. The molecule has 8 rings (SSSR count). The van der Waals surface area contributed by atoms with E-state index >= 15 is 0 Å². The maximum atomic E-state index is 13.0. The fourth-order valence-electron chi connectivity index (χ4n) is 9.96. The monoisotopic (exact) mass is 870 g/mol. The van der Waals surface area contributed by atoms with Crippen LogP contribution in [0.1, 0.15) is 98.8 Å². The molecule has 2 aliphatic heterocycles. The number of nitriles is 1. The Labute approximate surface area is 375 Å². The first-order chi connectivity index (χ1) is 31.6. The minimum absolute atomic E-state index is 0.00395. The number of amides is 1. The first-order valence-electron chi connectivity index (χ1n) is 22.3. The van der Waals surface area contributed by atoms with E-state index in [2.05, 4.69) is 75.6 Å². The Morgan fingerprint density at radius 3 is 2.32 bits per heavy atom. The topological polar surface area (TPSA) is 189 Å². The smallest absolute Gasteiger partial charge is 0.234 e. The average molecular weight is 871 g/mol. The van der Waals surface area contributed by atoms with Crippen LogP contribution < -0.4 is 31.5 Å². The molecule has 0 spiro atoms. The summed E-state index contributed by atoms with van der Waals surface area (Å²) in [4.78, 5) is 81.4. The molecule has 0 saturated carbocycles. The highest BCUT2D eigenvalue weighted by Crippen LogP contribution is 2.49. The number of carbonyl (C=O) groups excluding carboxylic acids is 6. The van der Waals surface area contributed by atoms with Gasteiger partial charge in [-0.1, -0.05) is 51.8 Å². The molecule has 14 nitrogen and oxygen atoms in total. The number of H-pyrrole nitrogens is 1. The molecule has 1 amide bonds. The number of piperazine rings is 1. The van der Waals surface area contributed by atoms with Crippen molar-refractivity contribution in [2.75, 3.05) is 56.0 Å². The molecule has 3 aliphatic rings. The van der Waals surface area contributed by atoms with E-state index in [1.807, 2.05) is 36.0 Å². The van der Waals surface area contributed by atoms with Gasteiger partial charge < -0.3 is 30.4 Å². The van der Waals surface area contributed by atoms with Crippen LogP contribution in [0, 0.1) is 11.3 Å². The van der Waals surface area contributed by atoms with Gasteiger partial charge in [-0.05, 0) is 72.7 Å². The summed E-state index contributed by atoms with van der Waals surface area (Å²) in [6.07, 6.45) is 4.85. The number of carbonyl (C=O) groups is 1. The predicted octanol–water partition coefficient (Wildman–Crippen LogP) is 3.73. The Morgan fingerprint density at radius 1 is 0.862 bits per heavy atom. The molecule has 4 N–H and O–H groups in total. The van der Waals surface area contributed by atoms with E-state index < -0.39 is 11.5 Å². The van der Waals surface area contributed by atoms with Crippen LogP contribution in [0.4, 0.5) is 11.4 Å². The zero-order valence-electron chi connectivity index (χ0n) is 36.8. The number of rotatable bonds is 13. The van der Waals surface area contributed by atoms with Gasteiger partial charge in [0.1, 0.15) is 39.9 Å². The molecule has 1 atom stereocenters. The Morgan fingerprint density at radius 2 is 1.63 bits per heavy atom. The van der Waals surface area contributed by atoms with E-state index in [1.54, 1.807) is 24.1 Å². The Bertz CT molecular complexity index is 3120. The van der Waals surface area contributed by atoms with Crippen molar-refractivity contribution in [1.29, 1.82) is 5.26 Å². The molecule has 14 heteroatoms. The van der Waals surface area contributed by atoms with Crippen LogP contribution in [0.15, 0.2) is 59.9 Å². The van der Waals surface area contributed by atoms with Crippen LogP contribution in [0.25, 0.3) is 27.2 Å². The van der Waals surface area contributed by atoms with Crippen molar-refractivity contribution in [2.45, 2.75) is 77.2 Å². The second kappa shape index (κ2) is 18.7. The van der Waals surface area contributed by atoms with Crippen LogP contribution in [0.2, 0.25) is 0 Å². The van der Waals surface area contributed by atoms with Crippen molar-refractivity contribution >= 4 is 74.2 Å². The lowest BCUT2D eigenvalue weighted by molar-refractivity contribution is -0.122. The molecule has 3 aromatic carbocycles. The van der Waals surface area contributed by atoms with E-state index in [0.717, 1.165) is 103 Å². The van der Waals surface area contributed by atoms with Gasteiger partial charge in [-0.3, -0.25) is 9.69 Å². The van der Waals surface area contributed by atoms with Gasteiger partial charge in [0.15, 0.2) is 11.9 Å². The van der Waals surface area contributed by atoms with E-state index in [9.17, 15) is 34.0 Å². The fourth-order valence-corrected chi connectivity index (χ4v) is 9.96. The lowest BCUT2D eigenvalue weighted by Gasteiger charge is -2.39. The second-order valence-corrected chi connectivity index (χ2v) is 17.5. The van der Waals surface area contributed by atoms with Crippen LogP contribution in [0.3, 0.4) is 0 Å². The Balaban J connectivity index is 0.814. The molecule has 0 bridgehead atoms. The van der Waals surface area contributed by atoms with Gasteiger partial charge in [-0.2, -0.15) is 5.26 Å². The second-order valence-electron chi connectivity index (χ2n) is 17.5. The summed E-state index contributed by atoms with van der Waals surface area (Å²) >= 11 is 0. The van der Waals surface area contributed by atoms with Gasteiger partial charge in [0.2, 0.25) is 5.91 Å². The number of hydrogen-bond acceptors (Lipinski definition) is 11. The van der Waals surface area contributed by atoms with Gasteiger partial charge in [0.25, 0.3) is 0 Å². The summed E-state index contributed by atoms with van der Waals surface area (Å²) in [6, 6.07) is 16.8. The number of benzene rings is 3. The summed E-state index contributed by atoms with van der Waals surface area (Å²) in [7, 11) is 0. The molecule has 65 heavy (non-hydrogen) atoms. The lowest BCUT2D eigenvalue weighted by atomic mass is 9.69. The minimum Gasteiger partial charge on any atom is -0.384 e. The number of nitrogens with one attached hydrogen (secondary N) is 4. The number of unbranched alkanes of at least 4 members (excludes halogenated alkanes) is 3. The SMILES string of the molecule is CCc1cc2c(cc1N1CCN(CC(=O)NCCCCCCNc3cccc4c(=C=O)n(C5CCC(=C=O)NC5=C=O)c(=C=O)c34)CC1)C(C)(C)c1[nH]c3cc(C#N)ccc3c1C2=C=O. The quantitative estimate of drug-likeness (QED) is 0.0998. The fraction of sp³-hybridized carbons (Fsp3) is 0.373. The summed E-state index contributed by atoms with van der Waals surface area (Å²) in [5, 5.41) is 20.9. The Kier molecular flexibility index (Phi) is 12.7. The summed E-state index contributed by atoms with van der Waals surface area (Å²) in [5.41, 5.74) is 8.43. The highest BCUT2D eigenvalue weighted by Gasteiger charge is 2.39. The summed E-state index contributed by atoms with van der Waals surface area (Å²) in [5.74, 6) is 9.79. The van der Waals surface area contributed by atoms with Gasteiger partial charge in [-0.15, -0.1) is 0 Å². The molecule has 2 aromatic heterocycles. The van der Waals surface area contributed by atoms with Gasteiger partial charge in [0.05, 0.1) is 29.8 Å². The standard InChI is InChI=1S/C51H50N8O6/c1-4-33-23-37-38(28-61)48-35-14-12-32(25-52)22-41(35)56-50(48)51(2,3)39(37)24-44(33)58-20-18-57(19-21-58)26-47(65)54-17-8-6-5-7-16-53-40-11-9-10-36-45(30-63)59(46(31-64)49(36)40)43-15-13-34(27-60)55-42(43)29-62/h9-12,14,22-24,43,53,55-56H,4-8,13,15-21,26H2,1-3H3,(H,54,65). The van der Waals surface area contributed by atoms with E-state index in [-0.39, 0.29) is 40.8 Å². The molecule has 5 aromatic rings. The molecular formula is C51H50N8O6.